The monoisotopic (exact) mass is 317 g/mol. The number of primary amides is 1. The van der Waals surface area contributed by atoms with Crippen molar-refractivity contribution in [2.45, 2.75) is 19.5 Å². The highest BCUT2D eigenvalue weighted by molar-refractivity contribution is 7.10. The van der Waals surface area contributed by atoms with E-state index in [1.807, 2.05) is 0 Å². The largest absolute Gasteiger partial charge is 0.366 e. The van der Waals surface area contributed by atoms with Gasteiger partial charge in [-0.1, -0.05) is 6.07 Å². The number of carbonyl (C=O) groups excluding carboxylic acids is 1. The third-order valence-electron chi connectivity index (χ3n) is 3.85. The molecule has 2 heterocycles. The fraction of sp³-hybridized carbons (Fsp3) is 0.267. The van der Waals surface area contributed by atoms with Crippen LogP contribution in [0, 0.1) is 10.1 Å². The molecule has 1 aromatic carbocycles. The predicted octanol–water partition coefficient (Wildman–Crippen LogP) is 2.31. The van der Waals surface area contributed by atoms with Crippen molar-refractivity contribution >= 4 is 22.9 Å². The summed E-state index contributed by atoms with van der Waals surface area (Å²) in [6, 6.07) is 6.54. The van der Waals surface area contributed by atoms with Crippen molar-refractivity contribution in [2.75, 3.05) is 6.54 Å². The van der Waals surface area contributed by atoms with Gasteiger partial charge in [0, 0.05) is 41.7 Å². The second kappa shape index (κ2) is 5.86. The molecular formula is C15H15N3O3S. The van der Waals surface area contributed by atoms with Gasteiger partial charge in [-0.15, -0.1) is 11.3 Å². The first-order valence-electron chi connectivity index (χ1n) is 6.89. The Balaban J connectivity index is 1.83. The number of nitro groups is 1. The Bertz CT molecular complexity index is 741. The highest BCUT2D eigenvalue weighted by atomic mass is 32.1. The maximum atomic E-state index is 11.2. The molecular weight excluding hydrogens is 302 g/mol. The topological polar surface area (TPSA) is 89.5 Å². The van der Waals surface area contributed by atoms with Crippen LogP contribution < -0.4 is 5.73 Å². The molecule has 3 rings (SSSR count). The van der Waals surface area contributed by atoms with Crippen molar-refractivity contribution < 1.29 is 9.72 Å². The quantitative estimate of drug-likeness (QED) is 0.692. The molecule has 0 bridgehead atoms. The van der Waals surface area contributed by atoms with Gasteiger partial charge in [-0.05, 0) is 29.5 Å². The van der Waals surface area contributed by atoms with Crippen molar-refractivity contribution in [3.8, 4) is 0 Å². The Morgan fingerprint density at radius 3 is 2.95 bits per heavy atom. The lowest BCUT2D eigenvalue weighted by molar-refractivity contribution is -0.385. The first kappa shape index (κ1) is 14.7. The number of amides is 1. The fourth-order valence-corrected chi connectivity index (χ4v) is 3.59. The Kier molecular flexibility index (Phi) is 3.91. The molecule has 7 heteroatoms. The minimum absolute atomic E-state index is 0.0487. The highest BCUT2D eigenvalue weighted by Gasteiger charge is 2.22. The van der Waals surface area contributed by atoms with E-state index in [1.165, 1.54) is 16.5 Å². The van der Waals surface area contributed by atoms with E-state index in [9.17, 15) is 14.9 Å². The predicted molar refractivity (Wildman–Crippen MR) is 83.8 cm³/mol. The molecule has 0 spiro atoms. The third-order valence-corrected chi connectivity index (χ3v) is 4.87. The van der Waals surface area contributed by atoms with Gasteiger partial charge in [0.1, 0.15) is 0 Å². The smallest absolute Gasteiger partial charge is 0.274 e. The summed E-state index contributed by atoms with van der Waals surface area (Å²) in [5, 5.41) is 13.3. The number of rotatable bonds is 4. The average molecular weight is 317 g/mol. The van der Waals surface area contributed by atoms with E-state index in [2.05, 4.69) is 16.3 Å². The molecule has 0 saturated carbocycles. The van der Waals surface area contributed by atoms with Crippen molar-refractivity contribution in [1.29, 1.82) is 0 Å². The molecule has 0 radical (unpaired) electrons. The van der Waals surface area contributed by atoms with Crippen LogP contribution >= 0.6 is 11.3 Å². The number of hydrogen-bond donors (Lipinski definition) is 1. The first-order chi connectivity index (χ1) is 10.5. The standard InChI is InChI=1S/C15H15N3O3S/c16-15(19)10-1-2-11(13(7-10)18(20)21)8-17-5-3-14-12(9-17)4-6-22-14/h1-2,4,6-7H,3,5,8-9H2,(H2,16,19). The first-order valence-corrected chi connectivity index (χ1v) is 7.77. The van der Waals surface area contributed by atoms with Crippen LogP contribution in [0.4, 0.5) is 5.69 Å². The van der Waals surface area contributed by atoms with Gasteiger partial charge in [-0.2, -0.15) is 0 Å². The number of nitro benzene ring substituents is 1. The minimum atomic E-state index is -0.657. The molecule has 114 valence electrons. The van der Waals surface area contributed by atoms with E-state index in [0.717, 1.165) is 19.5 Å². The zero-order chi connectivity index (χ0) is 15.7. The van der Waals surface area contributed by atoms with Gasteiger partial charge in [0.25, 0.3) is 5.69 Å². The van der Waals surface area contributed by atoms with Gasteiger partial charge in [0.2, 0.25) is 5.91 Å². The van der Waals surface area contributed by atoms with E-state index in [4.69, 9.17) is 5.73 Å². The Hall–Kier alpha value is -2.25. The van der Waals surface area contributed by atoms with E-state index >= 15 is 0 Å². The molecule has 0 fully saturated rings. The van der Waals surface area contributed by atoms with E-state index in [1.54, 1.807) is 23.5 Å². The second-order valence-electron chi connectivity index (χ2n) is 5.29. The Labute approximate surface area is 131 Å². The van der Waals surface area contributed by atoms with Crippen LogP contribution in [0.1, 0.15) is 26.4 Å². The lowest BCUT2D eigenvalue weighted by Crippen LogP contribution is -2.29. The van der Waals surface area contributed by atoms with Crippen molar-refractivity contribution in [2.24, 2.45) is 5.73 Å². The van der Waals surface area contributed by atoms with Gasteiger partial charge in [-0.3, -0.25) is 19.8 Å². The van der Waals surface area contributed by atoms with Crippen LogP contribution in [0.15, 0.2) is 29.6 Å². The summed E-state index contributed by atoms with van der Waals surface area (Å²) >= 11 is 1.76. The van der Waals surface area contributed by atoms with Gasteiger partial charge in [-0.25, -0.2) is 0 Å². The van der Waals surface area contributed by atoms with Gasteiger partial charge in [0.05, 0.1) is 4.92 Å². The van der Waals surface area contributed by atoms with Crippen molar-refractivity contribution in [1.82, 2.24) is 4.90 Å². The molecule has 0 saturated heterocycles. The van der Waals surface area contributed by atoms with Gasteiger partial charge >= 0.3 is 0 Å². The van der Waals surface area contributed by atoms with E-state index < -0.39 is 10.8 Å². The Morgan fingerprint density at radius 2 is 2.23 bits per heavy atom. The van der Waals surface area contributed by atoms with Crippen LogP contribution in [-0.4, -0.2) is 22.3 Å². The number of benzene rings is 1. The summed E-state index contributed by atoms with van der Waals surface area (Å²) in [6.07, 6.45) is 0.972. The number of fused-ring (bicyclic) bond motifs is 1. The molecule has 6 nitrogen and oxygen atoms in total. The second-order valence-corrected chi connectivity index (χ2v) is 6.30. The molecule has 0 aliphatic carbocycles. The van der Waals surface area contributed by atoms with E-state index in [-0.39, 0.29) is 11.3 Å². The lowest BCUT2D eigenvalue weighted by Gasteiger charge is -2.26. The van der Waals surface area contributed by atoms with Crippen LogP contribution in [0.5, 0.6) is 0 Å². The molecule has 2 N–H and O–H groups in total. The summed E-state index contributed by atoms with van der Waals surface area (Å²) < 4.78 is 0. The fourth-order valence-electron chi connectivity index (χ4n) is 2.70. The maximum absolute atomic E-state index is 11.2. The molecule has 1 aliphatic rings. The van der Waals surface area contributed by atoms with Crippen LogP contribution in [0.2, 0.25) is 0 Å². The summed E-state index contributed by atoms with van der Waals surface area (Å²) in [4.78, 5) is 25.5. The summed E-state index contributed by atoms with van der Waals surface area (Å²) in [7, 11) is 0. The van der Waals surface area contributed by atoms with Crippen molar-refractivity contribution in [3.05, 3.63) is 61.3 Å². The zero-order valence-electron chi connectivity index (χ0n) is 11.8. The van der Waals surface area contributed by atoms with Crippen LogP contribution in [-0.2, 0) is 19.5 Å². The molecule has 2 aromatic rings. The number of carbonyl (C=O) groups is 1. The summed E-state index contributed by atoms with van der Waals surface area (Å²) in [5.41, 5.74) is 7.20. The molecule has 0 unspecified atom stereocenters. The summed E-state index contributed by atoms with van der Waals surface area (Å²) in [5.74, 6) is -0.657. The maximum Gasteiger partial charge on any atom is 0.274 e. The van der Waals surface area contributed by atoms with Crippen LogP contribution in [0.3, 0.4) is 0 Å². The van der Waals surface area contributed by atoms with Gasteiger partial charge in [0.15, 0.2) is 0 Å². The van der Waals surface area contributed by atoms with Gasteiger partial charge < -0.3 is 5.73 Å². The summed E-state index contributed by atoms with van der Waals surface area (Å²) in [6.45, 7) is 2.17. The number of hydrogen-bond acceptors (Lipinski definition) is 5. The SMILES string of the molecule is NC(=O)c1ccc(CN2CCc3sccc3C2)c([N+](=O)[O-])c1. The molecule has 1 aromatic heterocycles. The van der Waals surface area contributed by atoms with E-state index in [0.29, 0.717) is 12.1 Å². The normalized spacial score (nSPS) is 14.5. The number of nitrogens with zero attached hydrogens (tertiary/aromatic N) is 2. The molecule has 0 atom stereocenters. The third kappa shape index (κ3) is 2.86. The zero-order valence-corrected chi connectivity index (χ0v) is 12.6. The lowest BCUT2D eigenvalue weighted by atomic mass is 10.1. The average Bonchev–Trinajstić information content (AvgIpc) is 2.94. The molecule has 1 amide bonds. The van der Waals surface area contributed by atoms with Crippen molar-refractivity contribution in [3.63, 3.8) is 0 Å². The minimum Gasteiger partial charge on any atom is -0.366 e. The molecule has 1 aliphatic heterocycles. The Morgan fingerprint density at radius 1 is 1.41 bits per heavy atom. The molecule has 22 heavy (non-hydrogen) atoms. The highest BCUT2D eigenvalue weighted by Crippen LogP contribution is 2.27. The number of thiophene rings is 1. The number of nitrogens with two attached hydrogens (primary N) is 1. The van der Waals surface area contributed by atoms with Crippen LogP contribution in [0.25, 0.3) is 0 Å².